The number of hydrogen-bond donors (Lipinski definition) is 2. The Morgan fingerprint density at radius 2 is 2.09 bits per heavy atom. The van der Waals surface area contributed by atoms with E-state index in [9.17, 15) is 0 Å². The van der Waals surface area contributed by atoms with Gasteiger partial charge in [-0.15, -0.1) is 0 Å². The number of unbranched alkanes of at least 4 members (excludes halogenated alkanes) is 1. The first-order valence-electron chi connectivity index (χ1n) is 7.21. The fraction of sp³-hybridized carbons (Fsp3) is 0.312. The van der Waals surface area contributed by atoms with E-state index in [1.807, 2.05) is 12.1 Å². The van der Waals surface area contributed by atoms with Crippen molar-refractivity contribution in [2.24, 2.45) is 0 Å². The lowest BCUT2D eigenvalue weighted by Gasteiger charge is -2.11. The Hall–Kier alpha value is -2.81. The number of hydrogen-bond acceptors (Lipinski definition) is 6. The molecule has 0 saturated heterocycles. The van der Waals surface area contributed by atoms with Gasteiger partial charge in [0.2, 0.25) is 0 Å². The smallest absolute Gasteiger partial charge is 0.257 e. The molecular formula is C16H19N5O. The summed E-state index contributed by atoms with van der Waals surface area (Å²) in [4.78, 5) is 8.40. The third kappa shape index (κ3) is 4.35. The SMILES string of the molecule is CCCCNc1nc(N)cnc1OCc1ccc(C#N)cc1. The molecule has 1 heterocycles. The number of nitriles is 1. The van der Waals surface area contributed by atoms with Crippen molar-refractivity contribution in [2.75, 3.05) is 17.6 Å². The maximum absolute atomic E-state index is 8.78. The molecule has 0 spiro atoms. The van der Waals surface area contributed by atoms with Crippen LogP contribution in [0.25, 0.3) is 0 Å². The summed E-state index contributed by atoms with van der Waals surface area (Å²) in [6, 6.07) is 9.31. The quantitative estimate of drug-likeness (QED) is 0.763. The summed E-state index contributed by atoms with van der Waals surface area (Å²) < 4.78 is 5.71. The molecule has 0 saturated carbocycles. The van der Waals surface area contributed by atoms with E-state index >= 15 is 0 Å². The molecule has 0 fully saturated rings. The number of aromatic nitrogens is 2. The molecule has 2 aromatic rings. The molecule has 0 aliphatic heterocycles. The predicted octanol–water partition coefficient (Wildman–Crippen LogP) is 2.72. The van der Waals surface area contributed by atoms with E-state index in [0.29, 0.717) is 29.7 Å². The van der Waals surface area contributed by atoms with Crippen molar-refractivity contribution in [3.05, 3.63) is 41.6 Å². The van der Waals surface area contributed by atoms with E-state index in [1.54, 1.807) is 12.1 Å². The van der Waals surface area contributed by atoms with E-state index in [2.05, 4.69) is 28.3 Å². The summed E-state index contributed by atoms with van der Waals surface area (Å²) in [6.07, 6.45) is 3.59. The predicted molar refractivity (Wildman–Crippen MR) is 85.3 cm³/mol. The van der Waals surface area contributed by atoms with Gasteiger partial charge in [-0.2, -0.15) is 5.26 Å². The standard InChI is InChI=1S/C16H19N5O/c1-2-3-8-19-15-16(20-10-14(18)21-15)22-11-13-6-4-12(9-17)5-7-13/h4-7,10H,2-3,8,11H2,1H3,(H3,18,19,21). The topological polar surface area (TPSA) is 96.8 Å². The van der Waals surface area contributed by atoms with Crippen LogP contribution in [0.2, 0.25) is 0 Å². The minimum Gasteiger partial charge on any atom is -0.470 e. The van der Waals surface area contributed by atoms with Gasteiger partial charge in [-0.05, 0) is 24.1 Å². The lowest BCUT2D eigenvalue weighted by atomic mass is 10.2. The molecule has 2 rings (SSSR count). The van der Waals surface area contributed by atoms with Gasteiger partial charge in [-0.25, -0.2) is 9.97 Å². The maximum atomic E-state index is 8.78. The summed E-state index contributed by atoms with van der Waals surface area (Å²) in [7, 11) is 0. The Balaban J connectivity index is 2.03. The number of rotatable bonds is 7. The summed E-state index contributed by atoms with van der Waals surface area (Å²) in [5.41, 5.74) is 7.25. The van der Waals surface area contributed by atoms with Gasteiger partial charge >= 0.3 is 0 Å². The second-order valence-electron chi connectivity index (χ2n) is 4.83. The summed E-state index contributed by atoms with van der Waals surface area (Å²) in [6.45, 7) is 3.27. The monoisotopic (exact) mass is 297 g/mol. The van der Waals surface area contributed by atoms with E-state index in [0.717, 1.165) is 24.9 Å². The second kappa shape index (κ2) is 7.84. The van der Waals surface area contributed by atoms with E-state index in [-0.39, 0.29) is 0 Å². The zero-order valence-electron chi connectivity index (χ0n) is 12.5. The van der Waals surface area contributed by atoms with Gasteiger partial charge in [0, 0.05) is 6.54 Å². The highest BCUT2D eigenvalue weighted by molar-refractivity contribution is 5.49. The fourth-order valence-electron chi connectivity index (χ4n) is 1.82. The summed E-state index contributed by atoms with van der Waals surface area (Å²) >= 11 is 0. The summed E-state index contributed by atoms with van der Waals surface area (Å²) in [5, 5.41) is 12.0. The van der Waals surface area contributed by atoms with Gasteiger partial charge < -0.3 is 15.8 Å². The zero-order chi connectivity index (χ0) is 15.8. The number of nitrogen functional groups attached to an aromatic ring is 1. The second-order valence-corrected chi connectivity index (χ2v) is 4.83. The summed E-state index contributed by atoms with van der Waals surface area (Å²) in [5.74, 6) is 1.33. The molecule has 0 bridgehead atoms. The molecule has 1 aromatic heterocycles. The van der Waals surface area contributed by atoms with Gasteiger partial charge in [0.05, 0.1) is 17.8 Å². The third-order valence-electron chi connectivity index (χ3n) is 3.04. The first kappa shape index (κ1) is 15.6. The van der Waals surface area contributed by atoms with E-state index in [1.165, 1.54) is 6.20 Å². The molecule has 0 amide bonds. The minimum absolute atomic E-state index is 0.352. The highest BCUT2D eigenvalue weighted by Crippen LogP contribution is 2.21. The van der Waals surface area contributed by atoms with Gasteiger partial charge in [-0.3, -0.25) is 0 Å². The van der Waals surface area contributed by atoms with Crippen LogP contribution in [0.15, 0.2) is 30.5 Å². The lowest BCUT2D eigenvalue weighted by molar-refractivity contribution is 0.294. The normalized spacial score (nSPS) is 10.0. The van der Waals surface area contributed by atoms with E-state index in [4.69, 9.17) is 15.7 Å². The number of benzene rings is 1. The van der Waals surface area contributed by atoms with Crippen LogP contribution in [0.5, 0.6) is 5.88 Å². The molecular weight excluding hydrogens is 278 g/mol. The average Bonchev–Trinajstić information content (AvgIpc) is 2.55. The van der Waals surface area contributed by atoms with Crippen LogP contribution < -0.4 is 15.8 Å². The van der Waals surface area contributed by atoms with Crippen molar-refractivity contribution in [1.29, 1.82) is 5.26 Å². The number of nitrogens with zero attached hydrogens (tertiary/aromatic N) is 3. The zero-order valence-corrected chi connectivity index (χ0v) is 12.5. The van der Waals surface area contributed by atoms with Crippen molar-refractivity contribution in [2.45, 2.75) is 26.4 Å². The number of anilines is 2. The largest absolute Gasteiger partial charge is 0.470 e. The number of ether oxygens (including phenoxy) is 1. The minimum atomic E-state index is 0.352. The molecule has 0 aliphatic rings. The average molecular weight is 297 g/mol. The van der Waals surface area contributed by atoms with Gasteiger partial charge in [0.1, 0.15) is 12.4 Å². The molecule has 6 heteroatoms. The highest BCUT2D eigenvalue weighted by Gasteiger charge is 2.08. The first-order valence-corrected chi connectivity index (χ1v) is 7.21. The Labute approximate surface area is 130 Å². The van der Waals surface area contributed by atoms with Crippen LogP contribution in [0.4, 0.5) is 11.6 Å². The van der Waals surface area contributed by atoms with Crippen LogP contribution in [-0.4, -0.2) is 16.5 Å². The molecule has 22 heavy (non-hydrogen) atoms. The van der Waals surface area contributed by atoms with Crippen LogP contribution in [0.1, 0.15) is 30.9 Å². The molecule has 0 aliphatic carbocycles. The number of nitrogens with two attached hydrogens (primary N) is 1. The molecule has 1 aromatic carbocycles. The van der Waals surface area contributed by atoms with Crippen molar-refractivity contribution < 1.29 is 4.74 Å². The van der Waals surface area contributed by atoms with Crippen LogP contribution in [0, 0.1) is 11.3 Å². The maximum Gasteiger partial charge on any atom is 0.257 e. The molecule has 0 atom stereocenters. The molecule has 0 unspecified atom stereocenters. The molecule has 6 nitrogen and oxygen atoms in total. The third-order valence-corrected chi connectivity index (χ3v) is 3.04. The van der Waals surface area contributed by atoms with Gasteiger partial charge in [0.25, 0.3) is 5.88 Å². The van der Waals surface area contributed by atoms with Crippen molar-refractivity contribution in [3.63, 3.8) is 0 Å². The fourth-order valence-corrected chi connectivity index (χ4v) is 1.82. The van der Waals surface area contributed by atoms with Gasteiger partial charge in [-0.1, -0.05) is 25.5 Å². The van der Waals surface area contributed by atoms with Crippen molar-refractivity contribution in [3.8, 4) is 11.9 Å². The van der Waals surface area contributed by atoms with Crippen molar-refractivity contribution >= 4 is 11.6 Å². The van der Waals surface area contributed by atoms with Crippen LogP contribution in [0.3, 0.4) is 0 Å². The van der Waals surface area contributed by atoms with Gasteiger partial charge in [0.15, 0.2) is 5.82 Å². The Bertz CT molecular complexity index is 649. The Morgan fingerprint density at radius 1 is 1.32 bits per heavy atom. The molecule has 114 valence electrons. The first-order chi connectivity index (χ1) is 10.7. The Morgan fingerprint density at radius 3 is 2.77 bits per heavy atom. The molecule has 0 radical (unpaired) electrons. The lowest BCUT2D eigenvalue weighted by Crippen LogP contribution is -2.09. The molecule has 3 N–H and O–H groups in total. The van der Waals surface area contributed by atoms with Crippen LogP contribution >= 0.6 is 0 Å². The van der Waals surface area contributed by atoms with E-state index < -0.39 is 0 Å². The Kier molecular flexibility index (Phi) is 5.55. The number of nitrogens with one attached hydrogen (secondary N) is 1. The van der Waals surface area contributed by atoms with Crippen LogP contribution in [-0.2, 0) is 6.61 Å². The highest BCUT2D eigenvalue weighted by atomic mass is 16.5. The van der Waals surface area contributed by atoms with Crippen molar-refractivity contribution in [1.82, 2.24) is 9.97 Å².